The van der Waals surface area contributed by atoms with Crippen LogP contribution in [0.3, 0.4) is 0 Å². The number of nitro benzene ring substituents is 1. The topological polar surface area (TPSA) is 93.5 Å². The Morgan fingerprint density at radius 2 is 2.20 bits per heavy atom. The predicted octanol–water partition coefficient (Wildman–Crippen LogP) is 0.242. The number of non-ortho nitro benzene ring substituents is 1. The lowest BCUT2D eigenvalue weighted by Crippen LogP contribution is -2.45. The number of nitro groups is 1. The predicted molar refractivity (Wildman–Crippen MR) is 72.4 cm³/mol. The molecule has 20 heavy (non-hydrogen) atoms. The van der Waals surface area contributed by atoms with E-state index in [0.717, 1.165) is 18.7 Å². The van der Waals surface area contributed by atoms with Crippen LogP contribution in [0, 0.1) is 10.1 Å². The number of rotatable bonds is 5. The van der Waals surface area contributed by atoms with Gasteiger partial charge in [0.1, 0.15) is 0 Å². The Bertz CT molecular complexity index is 469. The molecule has 0 aliphatic carbocycles. The van der Waals surface area contributed by atoms with E-state index in [2.05, 4.69) is 10.6 Å². The molecule has 2 N–H and O–H groups in total. The average molecular weight is 279 g/mol. The van der Waals surface area contributed by atoms with Gasteiger partial charge in [-0.25, -0.2) is 0 Å². The first-order valence-electron chi connectivity index (χ1n) is 6.47. The highest BCUT2D eigenvalue weighted by molar-refractivity contribution is 5.78. The highest BCUT2D eigenvalue weighted by atomic mass is 16.6. The van der Waals surface area contributed by atoms with Gasteiger partial charge in [0.2, 0.25) is 5.91 Å². The summed E-state index contributed by atoms with van der Waals surface area (Å²) >= 11 is 0. The van der Waals surface area contributed by atoms with Crippen LogP contribution in [0.4, 0.5) is 5.69 Å². The van der Waals surface area contributed by atoms with Gasteiger partial charge in [-0.15, -0.1) is 0 Å². The fourth-order valence-electron chi connectivity index (χ4n) is 1.96. The molecule has 0 aromatic heterocycles. The second-order valence-electron chi connectivity index (χ2n) is 4.60. The van der Waals surface area contributed by atoms with Gasteiger partial charge in [0.15, 0.2) is 0 Å². The van der Waals surface area contributed by atoms with Crippen LogP contribution < -0.4 is 10.6 Å². The Morgan fingerprint density at radius 3 is 2.80 bits per heavy atom. The zero-order chi connectivity index (χ0) is 14.4. The summed E-state index contributed by atoms with van der Waals surface area (Å²) in [7, 11) is 0. The molecule has 7 heteroatoms. The fraction of sp³-hybridized carbons (Fsp3) is 0.462. The standard InChI is InChI=1S/C13H17N3O4/c17-13(15-9-12-8-14-5-6-20-12)7-10-1-3-11(4-2-10)16(18)19/h1-4,12,14H,5-9H2,(H,15,17). The first-order valence-corrected chi connectivity index (χ1v) is 6.47. The van der Waals surface area contributed by atoms with E-state index in [-0.39, 0.29) is 24.1 Å². The molecular formula is C13H17N3O4. The van der Waals surface area contributed by atoms with Crippen LogP contribution in [0.25, 0.3) is 0 Å². The maximum Gasteiger partial charge on any atom is 0.269 e. The fourth-order valence-corrected chi connectivity index (χ4v) is 1.96. The highest BCUT2D eigenvalue weighted by Crippen LogP contribution is 2.12. The third kappa shape index (κ3) is 4.29. The van der Waals surface area contributed by atoms with Gasteiger partial charge in [-0.3, -0.25) is 14.9 Å². The lowest BCUT2D eigenvalue weighted by Gasteiger charge is -2.23. The van der Waals surface area contributed by atoms with Gasteiger partial charge in [-0.1, -0.05) is 12.1 Å². The summed E-state index contributed by atoms with van der Waals surface area (Å²) in [5.74, 6) is -0.118. The number of benzene rings is 1. The van der Waals surface area contributed by atoms with Crippen LogP contribution in [0.15, 0.2) is 24.3 Å². The van der Waals surface area contributed by atoms with E-state index < -0.39 is 4.92 Å². The molecule has 2 rings (SSSR count). The van der Waals surface area contributed by atoms with E-state index in [1.165, 1.54) is 12.1 Å². The molecule has 1 saturated heterocycles. The number of nitrogens with one attached hydrogen (secondary N) is 2. The molecule has 1 aromatic rings. The summed E-state index contributed by atoms with van der Waals surface area (Å²) in [4.78, 5) is 21.8. The molecule has 1 atom stereocenters. The van der Waals surface area contributed by atoms with Crippen molar-refractivity contribution in [1.29, 1.82) is 0 Å². The minimum Gasteiger partial charge on any atom is -0.374 e. The van der Waals surface area contributed by atoms with Crippen molar-refractivity contribution in [3.63, 3.8) is 0 Å². The van der Waals surface area contributed by atoms with E-state index in [1.807, 2.05) is 0 Å². The van der Waals surface area contributed by atoms with Crippen molar-refractivity contribution in [2.24, 2.45) is 0 Å². The lowest BCUT2D eigenvalue weighted by atomic mass is 10.1. The van der Waals surface area contributed by atoms with Gasteiger partial charge in [0, 0.05) is 31.8 Å². The van der Waals surface area contributed by atoms with Crippen molar-refractivity contribution in [1.82, 2.24) is 10.6 Å². The molecule has 1 unspecified atom stereocenters. The number of morpholine rings is 1. The minimum absolute atomic E-state index is 0.00422. The maximum absolute atomic E-state index is 11.8. The Labute approximate surface area is 116 Å². The van der Waals surface area contributed by atoms with Crippen LogP contribution >= 0.6 is 0 Å². The molecule has 0 radical (unpaired) electrons. The van der Waals surface area contributed by atoms with Crippen LogP contribution in [0.2, 0.25) is 0 Å². The van der Waals surface area contributed by atoms with Crippen molar-refractivity contribution in [2.75, 3.05) is 26.2 Å². The SMILES string of the molecule is O=C(Cc1ccc([N+](=O)[O-])cc1)NCC1CNCCO1. The van der Waals surface area contributed by atoms with Crippen LogP contribution in [-0.2, 0) is 16.0 Å². The first-order chi connectivity index (χ1) is 9.65. The molecule has 108 valence electrons. The van der Waals surface area contributed by atoms with Crippen molar-refractivity contribution >= 4 is 11.6 Å². The zero-order valence-corrected chi connectivity index (χ0v) is 11.0. The van der Waals surface area contributed by atoms with E-state index >= 15 is 0 Å². The molecule has 1 heterocycles. The summed E-state index contributed by atoms with van der Waals surface area (Å²) in [6, 6.07) is 5.99. The van der Waals surface area contributed by atoms with Crippen molar-refractivity contribution in [3.8, 4) is 0 Å². The third-order valence-corrected chi connectivity index (χ3v) is 3.04. The van der Waals surface area contributed by atoms with Crippen LogP contribution in [0.5, 0.6) is 0 Å². The highest BCUT2D eigenvalue weighted by Gasteiger charge is 2.14. The summed E-state index contributed by atoms with van der Waals surface area (Å²) in [6.07, 6.45) is 0.211. The Morgan fingerprint density at radius 1 is 1.45 bits per heavy atom. The van der Waals surface area contributed by atoms with E-state index in [9.17, 15) is 14.9 Å². The van der Waals surface area contributed by atoms with E-state index in [0.29, 0.717) is 13.2 Å². The molecule has 0 spiro atoms. The molecule has 1 aliphatic rings. The second kappa shape index (κ2) is 6.97. The number of carbonyl (C=O) groups excluding carboxylic acids is 1. The molecular weight excluding hydrogens is 262 g/mol. The molecule has 1 amide bonds. The molecule has 1 fully saturated rings. The van der Waals surface area contributed by atoms with Crippen LogP contribution in [0.1, 0.15) is 5.56 Å². The molecule has 0 bridgehead atoms. The third-order valence-electron chi connectivity index (χ3n) is 3.04. The number of hydrogen-bond donors (Lipinski definition) is 2. The number of nitrogens with zero attached hydrogens (tertiary/aromatic N) is 1. The summed E-state index contributed by atoms with van der Waals surface area (Å²) in [5, 5.41) is 16.5. The van der Waals surface area contributed by atoms with Gasteiger partial charge >= 0.3 is 0 Å². The molecule has 1 aromatic carbocycles. The van der Waals surface area contributed by atoms with Gasteiger partial charge in [-0.05, 0) is 5.56 Å². The van der Waals surface area contributed by atoms with Crippen LogP contribution in [-0.4, -0.2) is 43.2 Å². The van der Waals surface area contributed by atoms with Gasteiger partial charge < -0.3 is 15.4 Å². The van der Waals surface area contributed by atoms with Crippen molar-refractivity contribution in [3.05, 3.63) is 39.9 Å². The number of hydrogen-bond acceptors (Lipinski definition) is 5. The summed E-state index contributed by atoms with van der Waals surface area (Å²) < 4.78 is 5.47. The zero-order valence-electron chi connectivity index (χ0n) is 11.0. The van der Waals surface area contributed by atoms with E-state index in [4.69, 9.17) is 4.74 Å². The van der Waals surface area contributed by atoms with E-state index in [1.54, 1.807) is 12.1 Å². The lowest BCUT2D eigenvalue weighted by molar-refractivity contribution is -0.384. The normalized spacial score (nSPS) is 18.5. The number of carbonyl (C=O) groups is 1. The smallest absolute Gasteiger partial charge is 0.269 e. The molecule has 0 saturated carbocycles. The Hall–Kier alpha value is -1.99. The first kappa shape index (κ1) is 14.4. The molecule has 1 aliphatic heterocycles. The monoisotopic (exact) mass is 279 g/mol. The summed E-state index contributed by atoms with van der Waals surface area (Å²) in [5.41, 5.74) is 0.770. The van der Waals surface area contributed by atoms with Crippen molar-refractivity contribution in [2.45, 2.75) is 12.5 Å². The van der Waals surface area contributed by atoms with Gasteiger partial charge in [0.25, 0.3) is 5.69 Å². The van der Waals surface area contributed by atoms with Crippen molar-refractivity contribution < 1.29 is 14.5 Å². The summed E-state index contributed by atoms with van der Waals surface area (Å²) in [6.45, 7) is 2.70. The average Bonchev–Trinajstić information content (AvgIpc) is 2.47. The Kier molecular flexibility index (Phi) is 5.03. The maximum atomic E-state index is 11.8. The number of ether oxygens (including phenoxy) is 1. The number of amides is 1. The quantitative estimate of drug-likeness (QED) is 0.595. The Balaban J connectivity index is 1.77. The molecule has 7 nitrogen and oxygen atoms in total. The minimum atomic E-state index is -0.461. The second-order valence-corrected chi connectivity index (χ2v) is 4.60. The van der Waals surface area contributed by atoms with Gasteiger partial charge in [0.05, 0.1) is 24.1 Å². The van der Waals surface area contributed by atoms with Gasteiger partial charge in [-0.2, -0.15) is 0 Å². The largest absolute Gasteiger partial charge is 0.374 e.